The first-order valence-electron chi connectivity index (χ1n) is 21.1. The van der Waals surface area contributed by atoms with Crippen molar-refractivity contribution in [2.75, 3.05) is 20.1 Å². The Morgan fingerprint density at radius 1 is 1.09 bits per heavy atom. The summed E-state index contributed by atoms with van der Waals surface area (Å²) in [5, 5.41) is 2.13. The standard InChI is InChI=1S/C45H47F3N6O8S2/c1-6-26-20-44(26,43(58)52-64(59,60)29-16-17-29)21-34(55)33-18-28(22-54(33)41(56)31(24(3)4)19-36-49-32(23-63-36)42(57)53(5)7-2)61-40-38-37(30-10-8-9-11-35(30)62-38)50-39(51-40)25-12-14-27(15-13-25)45(46,47)48/h6,8-15,23-24,26,28-29,31,33H,1,7,16-22H2,2-5H3,(H,52,58)/t26-,28-,31+,33+,44-/m1/s1. The predicted octanol–water partition coefficient (Wildman–Crippen LogP) is 7.23. The average Bonchev–Trinajstić information content (AvgIpc) is 4.10. The molecule has 2 aromatic carbocycles. The van der Waals surface area contributed by atoms with Crippen molar-refractivity contribution in [1.29, 1.82) is 0 Å². The van der Waals surface area contributed by atoms with Crippen molar-refractivity contribution in [2.45, 2.75) is 82.9 Å². The molecule has 2 saturated carbocycles. The van der Waals surface area contributed by atoms with Crippen LogP contribution in [0, 0.1) is 23.2 Å². The molecule has 8 rings (SSSR count). The highest BCUT2D eigenvalue weighted by Crippen LogP contribution is 2.57. The summed E-state index contributed by atoms with van der Waals surface area (Å²) in [5.41, 5.74) is -0.790. The molecule has 3 fully saturated rings. The average molecular weight is 921 g/mol. The van der Waals surface area contributed by atoms with Crippen molar-refractivity contribution in [3.05, 3.63) is 82.8 Å². The Morgan fingerprint density at radius 3 is 2.45 bits per heavy atom. The van der Waals surface area contributed by atoms with Gasteiger partial charge < -0.3 is 19.0 Å². The highest BCUT2D eigenvalue weighted by Gasteiger charge is 2.61. The molecule has 1 saturated heterocycles. The van der Waals surface area contributed by atoms with Crippen LogP contribution in [0.5, 0.6) is 5.88 Å². The highest BCUT2D eigenvalue weighted by molar-refractivity contribution is 7.90. The molecule has 64 heavy (non-hydrogen) atoms. The summed E-state index contributed by atoms with van der Waals surface area (Å²) in [6.45, 7) is 9.77. The van der Waals surface area contributed by atoms with Crippen molar-refractivity contribution >= 4 is 66.9 Å². The maximum atomic E-state index is 14.9. The van der Waals surface area contributed by atoms with Gasteiger partial charge in [-0.15, -0.1) is 17.9 Å². The van der Waals surface area contributed by atoms with Crippen LogP contribution in [0.2, 0.25) is 0 Å². The van der Waals surface area contributed by atoms with Crippen LogP contribution in [0.1, 0.15) is 73.9 Å². The lowest BCUT2D eigenvalue weighted by atomic mass is 9.89. The molecule has 338 valence electrons. The van der Waals surface area contributed by atoms with Gasteiger partial charge in [-0.25, -0.2) is 18.4 Å². The van der Waals surface area contributed by atoms with E-state index in [-0.39, 0.29) is 78.5 Å². The normalized spacial score (nSPS) is 21.6. The molecule has 1 aliphatic heterocycles. The van der Waals surface area contributed by atoms with E-state index in [0.29, 0.717) is 40.9 Å². The molecule has 2 aliphatic carbocycles. The van der Waals surface area contributed by atoms with E-state index in [9.17, 15) is 40.8 Å². The lowest BCUT2D eigenvalue weighted by Gasteiger charge is -2.30. The molecule has 0 spiro atoms. The van der Waals surface area contributed by atoms with Gasteiger partial charge in [-0.1, -0.05) is 44.2 Å². The largest absolute Gasteiger partial charge is 0.470 e. The Hall–Kier alpha value is -5.69. The number of alkyl halides is 3. The fourth-order valence-electron chi connectivity index (χ4n) is 8.33. The number of amides is 3. The zero-order valence-electron chi connectivity index (χ0n) is 35.6. The third-order valence-electron chi connectivity index (χ3n) is 12.5. The highest BCUT2D eigenvalue weighted by atomic mass is 32.2. The Kier molecular flexibility index (Phi) is 11.9. The van der Waals surface area contributed by atoms with Gasteiger partial charge in [-0.05, 0) is 62.3 Å². The predicted molar refractivity (Wildman–Crippen MR) is 232 cm³/mol. The topological polar surface area (TPSA) is 182 Å². The molecule has 14 nitrogen and oxygen atoms in total. The molecule has 3 amide bonds. The molecule has 0 radical (unpaired) electrons. The van der Waals surface area contributed by atoms with E-state index in [1.165, 1.54) is 39.3 Å². The molecule has 5 aromatic rings. The molecule has 0 bridgehead atoms. The number of allylic oxidation sites excluding steroid dienone is 1. The van der Waals surface area contributed by atoms with Gasteiger partial charge in [-0.3, -0.25) is 23.9 Å². The second-order valence-corrected chi connectivity index (χ2v) is 20.1. The van der Waals surface area contributed by atoms with E-state index in [0.717, 1.165) is 12.1 Å². The van der Waals surface area contributed by atoms with Gasteiger partial charge >= 0.3 is 6.18 Å². The zero-order chi connectivity index (χ0) is 45.9. The number of Topliss-reactive ketones (excluding diaryl/α,β-unsaturated/α-hetero) is 1. The van der Waals surface area contributed by atoms with Gasteiger partial charge in [0.05, 0.1) is 33.8 Å². The summed E-state index contributed by atoms with van der Waals surface area (Å²) < 4.78 is 81.2. The monoisotopic (exact) mass is 920 g/mol. The smallest absolute Gasteiger partial charge is 0.416 e. The van der Waals surface area contributed by atoms with Crippen LogP contribution in [-0.4, -0.2) is 94.2 Å². The van der Waals surface area contributed by atoms with Crippen LogP contribution in [-0.2, 0) is 37.0 Å². The SMILES string of the molecule is C=C[C@@H]1C[C@]1(CC(=O)[C@@H]1C[C@@H](Oc2nc(-c3ccc(C(F)(F)F)cc3)nc3c2oc2ccccc23)CN1C(=O)[C@@H](Cc1nc(C(=O)N(C)CC)cs1)C(C)C)C(=O)NS(=O)(=O)C1CC1. The van der Waals surface area contributed by atoms with E-state index in [1.807, 2.05) is 20.8 Å². The molecule has 0 unspecified atom stereocenters. The Balaban J connectivity index is 1.13. The number of thiazole rings is 1. The van der Waals surface area contributed by atoms with Gasteiger partial charge in [0, 0.05) is 55.1 Å². The first kappa shape index (κ1) is 44.9. The van der Waals surface area contributed by atoms with Crippen LogP contribution in [0.15, 0.2) is 71.0 Å². The number of nitrogens with one attached hydrogen (secondary N) is 1. The number of ketones is 1. The molecule has 3 aliphatic rings. The number of likely N-dealkylation sites (tertiary alicyclic amines) is 1. The quantitative estimate of drug-likeness (QED) is 0.0986. The Bertz CT molecular complexity index is 2770. The molecule has 3 aromatic heterocycles. The van der Waals surface area contributed by atoms with Gasteiger partial charge in [-0.2, -0.15) is 18.2 Å². The number of ether oxygens (including phenoxy) is 1. The minimum Gasteiger partial charge on any atom is -0.470 e. The number of halogens is 3. The lowest BCUT2D eigenvalue weighted by molar-refractivity contribution is -0.143. The van der Waals surface area contributed by atoms with Gasteiger partial charge in [0.2, 0.25) is 27.4 Å². The lowest BCUT2D eigenvalue weighted by Crippen LogP contribution is -2.47. The summed E-state index contributed by atoms with van der Waals surface area (Å²) in [5.74, 6) is -3.36. The van der Waals surface area contributed by atoms with Crippen molar-refractivity contribution in [1.82, 2.24) is 29.5 Å². The Morgan fingerprint density at radius 2 is 1.81 bits per heavy atom. The van der Waals surface area contributed by atoms with E-state index < -0.39 is 68.1 Å². The fraction of sp³-hybridized carbons (Fsp3) is 0.444. The number of benzene rings is 2. The number of para-hydroxylation sites is 1. The van der Waals surface area contributed by atoms with Crippen LogP contribution in [0.25, 0.3) is 33.5 Å². The van der Waals surface area contributed by atoms with E-state index in [1.54, 1.807) is 36.7 Å². The molecule has 19 heteroatoms. The number of sulfonamides is 1. The number of fused-ring (bicyclic) bond motifs is 3. The number of furan rings is 1. The van der Waals surface area contributed by atoms with Crippen LogP contribution < -0.4 is 9.46 Å². The van der Waals surface area contributed by atoms with Gasteiger partial charge in [0.15, 0.2) is 11.6 Å². The van der Waals surface area contributed by atoms with Crippen molar-refractivity contribution < 1.29 is 49.9 Å². The molecule has 5 atom stereocenters. The second kappa shape index (κ2) is 17.0. The molecule has 4 heterocycles. The number of carbonyl (C=O) groups is 4. The van der Waals surface area contributed by atoms with E-state index >= 15 is 0 Å². The molecular formula is C45H47F3N6O8S2. The molecular weight excluding hydrogens is 874 g/mol. The third kappa shape index (κ3) is 8.75. The van der Waals surface area contributed by atoms with Crippen LogP contribution >= 0.6 is 11.3 Å². The second-order valence-electron chi connectivity index (χ2n) is 17.2. The number of nitrogens with zero attached hydrogens (tertiary/aromatic N) is 5. The summed E-state index contributed by atoms with van der Waals surface area (Å²) >= 11 is 1.25. The maximum Gasteiger partial charge on any atom is 0.416 e. The fourth-order valence-corrected chi connectivity index (χ4v) is 10.5. The number of carbonyl (C=O) groups excluding carboxylic acids is 4. The number of rotatable bonds is 16. The van der Waals surface area contributed by atoms with Crippen LogP contribution in [0.4, 0.5) is 13.2 Å². The van der Waals surface area contributed by atoms with E-state index in [2.05, 4.69) is 26.3 Å². The summed E-state index contributed by atoms with van der Waals surface area (Å²) in [6.07, 6.45) is -3.11. The third-order valence-corrected chi connectivity index (χ3v) is 15.2. The molecule has 1 N–H and O–H groups in total. The first-order chi connectivity index (χ1) is 30.3. The van der Waals surface area contributed by atoms with E-state index in [4.69, 9.17) is 9.15 Å². The van der Waals surface area contributed by atoms with Crippen molar-refractivity contribution in [2.24, 2.45) is 23.2 Å². The zero-order valence-corrected chi connectivity index (χ0v) is 37.2. The first-order valence-corrected chi connectivity index (χ1v) is 23.5. The van der Waals surface area contributed by atoms with Crippen molar-refractivity contribution in [3.8, 4) is 17.3 Å². The van der Waals surface area contributed by atoms with Crippen molar-refractivity contribution in [3.63, 3.8) is 0 Å². The van der Waals surface area contributed by atoms with Gasteiger partial charge in [0.1, 0.15) is 22.9 Å². The minimum absolute atomic E-state index is 0.0472. The maximum absolute atomic E-state index is 14.9. The summed E-state index contributed by atoms with van der Waals surface area (Å²) in [4.78, 5) is 73.0. The summed E-state index contributed by atoms with van der Waals surface area (Å²) in [7, 11) is -2.27. The number of aromatic nitrogens is 3. The Labute approximate surface area is 371 Å². The number of hydrogen-bond acceptors (Lipinski definition) is 12. The summed E-state index contributed by atoms with van der Waals surface area (Å²) in [6, 6.07) is 10.3. The van der Waals surface area contributed by atoms with Gasteiger partial charge in [0.25, 0.3) is 11.8 Å². The van der Waals surface area contributed by atoms with Crippen LogP contribution in [0.3, 0.4) is 0 Å². The number of hydrogen-bond donors (Lipinski definition) is 1. The minimum atomic E-state index is -4.56.